The average molecular weight is 450 g/mol. The van der Waals surface area contributed by atoms with Crippen molar-refractivity contribution in [2.75, 3.05) is 26.2 Å². The Balaban J connectivity index is 1.28. The molecule has 2 aromatic carbocycles. The number of amides is 1. The second kappa shape index (κ2) is 8.78. The maximum Gasteiger partial charge on any atom is 0.416 e. The fraction of sp³-hybridized carbons (Fsp3) is 0.364. The summed E-state index contributed by atoms with van der Waals surface area (Å²) >= 11 is 0. The number of aromatic amines is 1. The number of rotatable bonds is 5. The summed E-state index contributed by atoms with van der Waals surface area (Å²) in [5.41, 5.74) is 0.270. The summed E-state index contributed by atoms with van der Waals surface area (Å²) < 4.78 is 53.1. The number of likely N-dealkylation sites (tertiary alicyclic amines) is 1. The van der Waals surface area contributed by atoms with Gasteiger partial charge in [-0.2, -0.15) is 13.2 Å². The molecule has 0 radical (unpaired) electrons. The lowest BCUT2D eigenvalue weighted by molar-refractivity contribution is -0.137. The number of hydrogen-bond donors (Lipinski definition) is 2. The minimum atomic E-state index is -4.44. The molecule has 0 saturated carbocycles. The van der Waals surface area contributed by atoms with Crippen molar-refractivity contribution in [1.82, 2.24) is 19.8 Å². The number of piperidine rings is 1. The molecule has 2 N–H and O–H groups in total. The first kappa shape index (κ1) is 22.1. The van der Waals surface area contributed by atoms with E-state index in [0.717, 1.165) is 24.3 Å². The quantitative estimate of drug-likeness (QED) is 0.584. The lowest BCUT2D eigenvalue weighted by atomic mass is 10.0. The Morgan fingerprint density at radius 3 is 2.44 bits per heavy atom. The molecule has 10 heteroatoms. The van der Waals surface area contributed by atoms with E-state index in [1.807, 2.05) is 0 Å². The van der Waals surface area contributed by atoms with Crippen molar-refractivity contribution < 1.29 is 22.4 Å². The van der Waals surface area contributed by atoms with Crippen molar-refractivity contribution in [3.63, 3.8) is 0 Å². The zero-order chi connectivity index (χ0) is 22.9. The Bertz CT molecular complexity index is 1160. The van der Waals surface area contributed by atoms with Gasteiger partial charge in [-0.25, -0.2) is 9.18 Å². The van der Waals surface area contributed by atoms with Gasteiger partial charge in [-0.05, 0) is 55.3 Å². The number of benzene rings is 2. The second-order valence-electron chi connectivity index (χ2n) is 7.87. The van der Waals surface area contributed by atoms with Crippen molar-refractivity contribution >= 4 is 16.9 Å². The summed E-state index contributed by atoms with van der Waals surface area (Å²) in [4.78, 5) is 29.4. The maximum atomic E-state index is 13.6. The third-order valence-corrected chi connectivity index (χ3v) is 5.79. The van der Waals surface area contributed by atoms with Gasteiger partial charge in [-0.15, -0.1) is 0 Å². The van der Waals surface area contributed by atoms with Gasteiger partial charge < -0.3 is 15.2 Å². The predicted molar refractivity (Wildman–Crippen MR) is 111 cm³/mol. The lowest BCUT2D eigenvalue weighted by Gasteiger charge is -2.32. The molecule has 1 aliphatic heterocycles. The Morgan fingerprint density at radius 2 is 1.78 bits per heavy atom. The summed E-state index contributed by atoms with van der Waals surface area (Å²) in [5, 5.41) is 2.72. The van der Waals surface area contributed by atoms with Gasteiger partial charge in [0.15, 0.2) is 0 Å². The molecule has 0 unspecified atom stereocenters. The standard InChI is InChI=1S/C22H22F4N4O2/c23-16-5-6-18-19(13-16)30(21(32)28-18)17-7-10-29(11-8-17)12-9-27-20(31)14-1-3-15(4-2-14)22(24,25)26/h1-6,13,17H,7-12H2,(H,27,31)(H,28,32). The molecule has 1 fully saturated rings. The SMILES string of the molecule is O=C(NCCN1CCC(n2c(=O)[nH]c3ccc(F)cc32)CC1)c1ccc(C(F)(F)F)cc1. The van der Waals surface area contributed by atoms with Gasteiger partial charge in [0, 0.05) is 37.8 Å². The number of halogens is 4. The van der Waals surface area contributed by atoms with Gasteiger partial charge in [0.1, 0.15) is 5.82 Å². The molecular formula is C22H22F4N4O2. The minimum Gasteiger partial charge on any atom is -0.351 e. The number of H-pyrrole nitrogens is 1. The van der Waals surface area contributed by atoms with E-state index in [1.165, 1.54) is 12.1 Å². The number of nitrogens with one attached hydrogen (secondary N) is 2. The summed E-state index contributed by atoms with van der Waals surface area (Å²) in [6, 6.07) is 8.27. The molecule has 1 saturated heterocycles. The molecule has 0 spiro atoms. The molecule has 32 heavy (non-hydrogen) atoms. The van der Waals surface area contributed by atoms with Crippen LogP contribution in [0.15, 0.2) is 47.3 Å². The van der Waals surface area contributed by atoms with Crippen LogP contribution in [-0.2, 0) is 6.18 Å². The largest absolute Gasteiger partial charge is 0.416 e. The molecular weight excluding hydrogens is 428 g/mol. The van der Waals surface area contributed by atoms with Gasteiger partial charge in [-0.3, -0.25) is 9.36 Å². The molecule has 0 atom stereocenters. The first-order valence-electron chi connectivity index (χ1n) is 10.3. The van der Waals surface area contributed by atoms with Gasteiger partial charge >= 0.3 is 11.9 Å². The van der Waals surface area contributed by atoms with Crippen molar-refractivity contribution in [1.29, 1.82) is 0 Å². The number of nitrogens with zero attached hydrogens (tertiary/aromatic N) is 2. The molecule has 1 aromatic heterocycles. The smallest absolute Gasteiger partial charge is 0.351 e. The van der Waals surface area contributed by atoms with Crippen molar-refractivity contribution in [3.8, 4) is 0 Å². The van der Waals surface area contributed by atoms with E-state index in [2.05, 4.69) is 15.2 Å². The topological polar surface area (TPSA) is 70.1 Å². The molecule has 1 amide bonds. The highest BCUT2D eigenvalue weighted by atomic mass is 19.4. The van der Waals surface area contributed by atoms with Crippen LogP contribution in [0.1, 0.15) is 34.8 Å². The Labute approximate surface area is 180 Å². The van der Waals surface area contributed by atoms with E-state index in [-0.39, 0.29) is 17.3 Å². The average Bonchev–Trinajstić information content (AvgIpc) is 3.08. The van der Waals surface area contributed by atoms with Crippen molar-refractivity contribution in [2.24, 2.45) is 0 Å². The monoisotopic (exact) mass is 450 g/mol. The zero-order valence-electron chi connectivity index (χ0n) is 17.1. The Hall–Kier alpha value is -3.14. The highest BCUT2D eigenvalue weighted by Crippen LogP contribution is 2.29. The van der Waals surface area contributed by atoms with E-state index >= 15 is 0 Å². The normalized spacial score (nSPS) is 15.9. The molecule has 0 aliphatic carbocycles. The fourth-order valence-corrected chi connectivity index (χ4v) is 4.10. The minimum absolute atomic E-state index is 0.0453. The Kier molecular flexibility index (Phi) is 6.05. The van der Waals surface area contributed by atoms with Crippen LogP contribution in [0.4, 0.5) is 17.6 Å². The number of imidazole rings is 1. The molecule has 3 aromatic rings. The molecule has 1 aliphatic rings. The molecule has 6 nitrogen and oxygen atoms in total. The van der Waals surface area contributed by atoms with Crippen molar-refractivity contribution in [2.45, 2.75) is 25.1 Å². The highest BCUT2D eigenvalue weighted by molar-refractivity contribution is 5.94. The lowest BCUT2D eigenvalue weighted by Crippen LogP contribution is -2.41. The summed E-state index contributed by atoms with van der Waals surface area (Å²) in [5.74, 6) is -0.826. The van der Waals surface area contributed by atoms with Gasteiger partial charge in [0.05, 0.1) is 16.6 Å². The van der Waals surface area contributed by atoms with Crippen LogP contribution in [0.2, 0.25) is 0 Å². The summed E-state index contributed by atoms with van der Waals surface area (Å²) in [6.45, 7) is 2.34. The van der Waals surface area contributed by atoms with Crippen LogP contribution in [0.5, 0.6) is 0 Å². The van der Waals surface area contributed by atoms with Gasteiger partial charge in [-0.1, -0.05) is 0 Å². The van der Waals surface area contributed by atoms with Crippen LogP contribution in [0.3, 0.4) is 0 Å². The van der Waals surface area contributed by atoms with Gasteiger partial charge in [0.25, 0.3) is 5.91 Å². The van der Waals surface area contributed by atoms with Crippen LogP contribution < -0.4 is 11.0 Å². The Morgan fingerprint density at radius 1 is 1.09 bits per heavy atom. The van der Waals surface area contributed by atoms with E-state index in [0.29, 0.717) is 50.1 Å². The number of alkyl halides is 3. The molecule has 2 heterocycles. The summed E-state index contributed by atoms with van der Waals surface area (Å²) in [7, 11) is 0. The van der Waals surface area contributed by atoms with E-state index in [9.17, 15) is 27.2 Å². The number of hydrogen-bond acceptors (Lipinski definition) is 3. The first-order valence-corrected chi connectivity index (χ1v) is 10.3. The van der Waals surface area contributed by atoms with Crippen LogP contribution in [-0.4, -0.2) is 46.5 Å². The summed E-state index contributed by atoms with van der Waals surface area (Å²) in [6.07, 6.45) is -3.03. The predicted octanol–water partition coefficient (Wildman–Crippen LogP) is 3.55. The number of carbonyl (C=O) groups is 1. The van der Waals surface area contributed by atoms with E-state index in [1.54, 1.807) is 10.6 Å². The van der Waals surface area contributed by atoms with Crippen LogP contribution in [0.25, 0.3) is 11.0 Å². The number of fused-ring (bicyclic) bond motifs is 1. The zero-order valence-corrected chi connectivity index (χ0v) is 17.1. The third kappa shape index (κ3) is 4.69. The number of carbonyl (C=O) groups excluding carboxylic acids is 1. The molecule has 4 rings (SSSR count). The van der Waals surface area contributed by atoms with E-state index < -0.39 is 23.5 Å². The fourth-order valence-electron chi connectivity index (χ4n) is 4.10. The van der Waals surface area contributed by atoms with Crippen LogP contribution in [0, 0.1) is 5.82 Å². The molecule has 170 valence electrons. The third-order valence-electron chi connectivity index (χ3n) is 5.79. The van der Waals surface area contributed by atoms with Crippen LogP contribution >= 0.6 is 0 Å². The molecule has 0 bridgehead atoms. The van der Waals surface area contributed by atoms with Gasteiger partial charge in [0.2, 0.25) is 0 Å². The first-order chi connectivity index (χ1) is 15.2. The van der Waals surface area contributed by atoms with E-state index in [4.69, 9.17) is 0 Å². The van der Waals surface area contributed by atoms with Crippen molar-refractivity contribution in [3.05, 3.63) is 69.9 Å². The highest BCUT2D eigenvalue weighted by Gasteiger charge is 2.30. The maximum absolute atomic E-state index is 13.6. The number of aromatic nitrogens is 2. The second-order valence-corrected chi connectivity index (χ2v) is 7.87.